The molecular formula is C23H27ClF2O7. The van der Waals surface area contributed by atoms with Gasteiger partial charge < -0.3 is 35.0 Å². The Balaban J connectivity index is 1.89. The van der Waals surface area contributed by atoms with Crippen LogP contribution in [0.15, 0.2) is 36.4 Å². The summed E-state index contributed by atoms with van der Waals surface area (Å²) in [6.07, 6.45) is -11.2. The molecule has 0 bridgehead atoms. The minimum atomic E-state index is -2.45. The number of alkyl halides is 2. The fourth-order valence-electron chi connectivity index (χ4n) is 3.70. The number of halogens is 3. The fourth-order valence-corrected chi connectivity index (χ4v) is 4.00. The first-order valence-electron chi connectivity index (χ1n) is 10.4. The number of aliphatic hydroxyl groups excluding tert-OH is 5. The highest BCUT2D eigenvalue weighted by atomic mass is 35.5. The van der Waals surface area contributed by atoms with Crippen LogP contribution in [0.4, 0.5) is 8.78 Å². The van der Waals surface area contributed by atoms with E-state index in [9.17, 15) is 34.3 Å². The maximum Gasteiger partial charge on any atom is 0.242 e. The van der Waals surface area contributed by atoms with Crippen molar-refractivity contribution >= 4 is 11.6 Å². The third kappa shape index (κ3) is 6.19. The molecule has 2 aromatic rings. The van der Waals surface area contributed by atoms with Crippen molar-refractivity contribution in [1.29, 1.82) is 0 Å². The largest absolute Gasteiger partial charge is 0.462 e. The van der Waals surface area contributed by atoms with Crippen LogP contribution < -0.4 is 4.74 Å². The smallest absolute Gasteiger partial charge is 0.242 e. The van der Waals surface area contributed by atoms with Crippen molar-refractivity contribution in [2.75, 3.05) is 0 Å². The lowest BCUT2D eigenvalue weighted by Gasteiger charge is -2.41. The first kappa shape index (κ1) is 25.8. The molecule has 1 saturated heterocycles. The molecule has 1 aliphatic rings. The Hall–Kier alpha value is -1.85. The van der Waals surface area contributed by atoms with E-state index in [2.05, 4.69) is 0 Å². The highest BCUT2D eigenvalue weighted by Crippen LogP contribution is 2.34. The maximum absolute atomic E-state index is 12.6. The van der Waals surface area contributed by atoms with Crippen LogP contribution in [0.3, 0.4) is 0 Å². The van der Waals surface area contributed by atoms with E-state index in [0.29, 0.717) is 16.7 Å². The molecule has 7 nitrogen and oxygen atoms in total. The van der Waals surface area contributed by atoms with Crippen LogP contribution in [-0.2, 0) is 24.2 Å². The van der Waals surface area contributed by atoms with Gasteiger partial charge in [-0.15, -0.1) is 0 Å². The molecule has 2 aromatic carbocycles. The van der Waals surface area contributed by atoms with E-state index in [1.807, 2.05) is 0 Å². The molecule has 5 N–H and O–H groups in total. The zero-order valence-corrected chi connectivity index (χ0v) is 18.6. The number of hydrogen-bond acceptors (Lipinski definition) is 7. The predicted octanol–water partition coefficient (Wildman–Crippen LogP) is 1.80. The Kier molecular flexibility index (Phi) is 8.63. The quantitative estimate of drug-likeness (QED) is 0.384. The molecule has 0 saturated carbocycles. The van der Waals surface area contributed by atoms with Crippen LogP contribution in [0, 0.1) is 0 Å². The van der Waals surface area contributed by atoms with Gasteiger partial charge in [-0.05, 0) is 35.7 Å². The van der Waals surface area contributed by atoms with E-state index in [4.69, 9.17) is 21.1 Å². The Morgan fingerprint density at radius 2 is 1.64 bits per heavy atom. The van der Waals surface area contributed by atoms with Gasteiger partial charge in [0.1, 0.15) is 30.2 Å². The summed E-state index contributed by atoms with van der Waals surface area (Å²) in [6.45, 7) is 1.02. The number of aliphatic hydroxyl groups is 5. The van der Waals surface area contributed by atoms with E-state index in [1.54, 1.807) is 30.3 Å². The maximum atomic E-state index is 12.6. The molecule has 0 radical (unpaired) electrons. The summed E-state index contributed by atoms with van der Waals surface area (Å²) >= 11 is 6.43. The van der Waals surface area contributed by atoms with Crippen LogP contribution in [0.5, 0.6) is 5.75 Å². The van der Waals surface area contributed by atoms with E-state index >= 15 is 0 Å². The number of hydrogen-bond donors (Lipinski definition) is 5. The predicted molar refractivity (Wildman–Crippen MR) is 115 cm³/mol. The Labute approximate surface area is 194 Å². The molecule has 3 rings (SSSR count). The van der Waals surface area contributed by atoms with Crippen LogP contribution in [0.2, 0.25) is 5.02 Å². The Morgan fingerprint density at radius 1 is 1.00 bits per heavy atom. The lowest BCUT2D eigenvalue weighted by atomic mass is 9.96. The van der Waals surface area contributed by atoms with Crippen molar-refractivity contribution in [3.8, 4) is 5.75 Å². The highest BCUT2D eigenvalue weighted by molar-refractivity contribution is 6.31. The molecule has 0 aliphatic carbocycles. The van der Waals surface area contributed by atoms with Crippen molar-refractivity contribution in [2.45, 2.75) is 69.6 Å². The number of benzene rings is 2. The zero-order chi connectivity index (χ0) is 24.3. The minimum Gasteiger partial charge on any atom is -0.462 e. The van der Waals surface area contributed by atoms with Gasteiger partial charge in [0.15, 0.2) is 0 Å². The van der Waals surface area contributed by atoms with Gasteiger partial charge in [0.2, 0.25) is 12.7 Å². The van der Waals surface area contributed by atoms with Crippen LogP contribution in [0.25, 0.3) is 0 Å². The topological polar surface area (TPSA) is 120 Å². The highest BCUT2D eigenvalue weighted by Gasteiger charge is 2.46. The number of ether oxygens (including phenoxy) is 2. The van der Waals surface area contributed by atoms with Gasteiger partial charge in [-0.25, -0.2) is 8.78 Å². The van der Waals surface area contributed by atoms with Crippen molar-refractivity contribution in [2.24, 2.45) is 0 Å². The molecule has 6 atom stereocenters. The fraction of sp³-hybridized carbons (Fsp3) is 0.478. The van der Waals surface area contributed by atoms with Crippen molar-refractivity contribution in [3.05, 3.63) is 63.7 Å². The number of rotatable bonds is 8. The second-order valence-electron chi connectivity index (χ2n) is 8.10. The van der Waals surface area contributed by atoms with E-state index in [1.165, 1.54) is 13.0 Å². The third-order valence-corrected chi connectivity index (χ3v) is 5.85. The normalized spacial score (nSPS) is 26.4. The monoisotopic (exact) mass is 488 g/mol. The standard InChI is InChI=1S/C23H27ClF2O7/c1-11(28)22-20(30)19(29)21(31)23(33-22)32-17-8-14(10-27)7-16(24)15(17)6-12-2-4-13(5-3-12)9-18(25)26/h2-5,7-8,11,18-23,27-31H,6,9-10H2,1H3/t11-,19+,20+,21-,22-,23-/m1/s1. The van der Waals surface area contributed by atoms with E-state index in [-0.39, 0.29) is 30.2 Å². The van der Waals surface area contributed by atoms with Gasteiger partial charge in [-0.1, -0.05) is 35.9 Å². The average molecular weight is 489 g/mol. The van der Waals surface area contributed by atoms with E-state index < -0.39 is 43.2 Å². The van der Waals surface area contributed by atoms with Crippen LogP contribution >= 0.6 is 11.6 Å². The SMILES string of the molecule is C[C@@H](O)[C@H]1O[C@@H](Oc2cc(CO)cc(Cl)c2Cc2ccc(CC(F)F)cc2)[C@H](O)[C@@H](O)[C@@H]1O. The Morgan fingerprint density at radius 3 is 2.21 bits per heavy atom. The summed E-state index contributed by atoms with van der Waals surface area (Å²) in [5.74, 6) is 0.153. The van der Waals surface area contributed by atoms with Crippen molar-refractivity contribution < 1.29 is 43.8 Å². The molecule has 1 aliphatic heterocycles. The van der Waals surface area contributed by atoms with Gasteiger partial charge in [0.05, 0.1) is 12.7 Å². The molecule has 10 heteroatoms. The molecule has 0 unspecified atom stereocenters. The first-order chi connectivity index (χ1) is 15.6. The molecule has 0 aromatic heterocycles. The summed E-state index contributed by atoms with van der Waals surface area (Å²) in [4.78, 5) is 0. The molecule has 182 valence electrons. The van der Waals surface area contributed by atoms with Crippen molar-refractivity contribution in [3.63, 3.8) is 0 Å². The molecule has 1 fully saturated rings. The Bertz CT molecular complexity index is 926. The van der Waals surface area contributed by atoms with Crippen LogP contribution in [-0.4, -0.2) is 68.8 Å². The summed E-state index contributed by atoms with van der Waals surface area (Å²) in [6, 6.07) is 9.61. The second kappa shape index (κ2) is 11.1. The molecule has 1 heterocycles. The van der Waals surface area contributed by atoms with Gasteiger partial charge in [0.25, 0.3) is 0 Å². The van der Waals surface area contributed by atoms with Crippen molar-refractivity contribution in [1.82, 2.24) is 0 Å². The zero-order valence-electron chi connectivity index (χ0n) is 17.8. The lowest BCUT2D eigenvalue weighted by molar-refractivity contribution is -0.286. The average Bonchev–Trinajstić information content (AvgIpc) is 2.76. The molecular weight excluding hydrogens is 462 g/mol. The summed E-state index contributed by atoms with van der Waals surface area (Å²) in [5.41, 5.74) is 2.13. The van der Waals surface area contributed by atoms with E-state index in [0.717, 1.165) is 5.56 Å². The summed E-state index contributed by atoms with van der Waals surface area (Å²) in [7, 11) is 0. The summed E-state index contributed by atoms with van der Waals surface area (Å²) in [5, 5.41) is 50.3. The molecule has 33 heavy (non-hydrogen) atoms. The van der Waals surface area contributed by atoms with Gasteiger partial charge in [0, 0.05) is 23.4 Å². The van der Waals surface area contributed by atoms with Gasteiger partial charge in [-0.2, -0.15) is 0 Å². The van der Waals surface area contributed by atoms with Crippen LogP contribution in [0.1, 0.15) is 29.2 Å². The lowest BCUT2D eigenvalue weighted by Crippen LogP contribution is -2.61. The molecule has 0 spiro atoms. The first-order valence-corrected chi connectivity index (χ1v) is 10.8. The second-order valence-corrected chi connectivity index (χ2v) is 8.51. The van der Waals surface area contributed by atoms with Gasteiger partial charge >= 0.3 is 0 Å². The molecule has 0 amide bonds. The van der Waals surface area contributed by atoms with Gasteiger partial charge in [-0.3, -0.25) is 0 Å². The summed E-state index contributed by atoms with van der Waals surface area (Å²) < 4.78 is 36.5. The third-order valence-electron chi connectivity index (χ3n) is 5.52. The minimum absolute atomic E-state index is 0.153.